The van der Waals surface area contributed by atoms with Crippen LogP contribution in [-0.4, -0.2) is 51.2 Å². The minimum absolute atomic E-state index is 0.220. The van der Waals surface area contributed by atoms with Gasteiger partial charge in [-0.3, -0.25) is 0 Å². The molecule has 28 heavy (non-hydrogen) atoms. The maximum absolute atomic E-state index is 5.81. The quantitative estimate of drug-likeness (QED) is 0.520. The van der Waals surface area contributed by atoms with E-state index >= 15 is 0 Å². The molecule has 4 aromatic heterocycles. The van der Waals surface area contributed by atoms with E-state index in [0.29, 0.717) is 24.2 Å². The van der Waals surface area contributed by atoms with Crippen LogP contribution in [0.1, 0.15) is 0 Å². The fourth-order valence-corrected chi connectivity index (χ4v) is 4.73. The number of hydrogen-bond acceptors (Lipinski definition) is 11. The van der Waals surface area contributed by atoms with Crippen LogP contribution in [0.3, 0.4) is 0 Å². The summed E-state index contributed by atoms with van der Waals surface area (Å²) in [6, 6.07) is 2.03. The van der Waals surface area contributed by atoms with E-state index < -0.39 is 0 Å². The van der Waals surface area contributed by atoms with Gasteiger partial charge in [0.05, 0.1) is 39.6 Å². The molecule has 1 fully saturated rings. The summed E-state index contributed by atoms with van der Waals surface area (Å²) < 4.78 is 6.52. The molecule has 4 aromatic rings. The highest BCUT2D eigenvalue weighted by Crippen LogP contribution is 2.39. The maximum atomic E-state index is 5.81. The zero-order chi connectivity index (χ0) is 19.1. The molecular formula is C17H16N8OS2. The third-order valence-corrected chi connectivity index (χ3v) is 6.19. The standard InChI is InChI=1S/C17H16N8OS2/c18-16-20-6-9(7-21-16)14-22-10-5-12(11-8-27-17(19)23-11)28-13(10)15(24-14)25-1-3-26-4-2-25/h5-8H,1-4H2,(H2,19,23)(H2,18,20,21). The summed E-state index contributed by atoms with van der Waals surface area (Å²) in [5, 5.41) is 2.50. The number of rotatable bonds is 3. The second-order valence-electron chi connectivity index (χ2n) is 6.20. The molecule has 0 unspecified atom stereocenters. The Bertz CT molecular complexity index is 1130. The van der Waals surface area contributed by atoms with Crippen molar-refractivity contribution >= 4 is 49.8 Å². The largest absolute Gasteiger partial charge is 0.378 e. The lowest BCUT2D eigenvalue weighted by Crippen LogP contribution is -2.36. The Morgan fingerprint density at radius 2 is 1.82 bits per heavy atom. The Hall–Kier alpha value is -2.89. The highest BCUT2D eigenvalue weighted by atomic mass is 32.1. The molecule has 142 valence electrons. The predicted molar refractivity (Wildman–Crippen MR) is 111 cm³/mol. The second kappa shape index (κ2) is 6.93. The lowest BCUT2D eigenvalue weighted by atomic mass is 10.3. The molecule has 1 aliphatic heterocycles. The van der Waals surface area contributed by atoms with Crippen molar-refractivity contribution in [2.24, 2.45) is 0 Å². The van der Waals surface area contributed by atoms with Gasteiger partial charge in [-0.1, -0.05) is 0 Å². The van der Waals surface area contributed by atoms with Crippen LogP contribution in [0.25, 0.3) is 32.2 Å². The van der Waals surface area contributed by atoms with E-state index in [2.05, 4.69) is 19.9 Å². The first kappa shape index (κ1) is 17.2. The molecule has 0 bridgehead atoms. The first-order chi connectivity index (χ1) is 13.7. The van der Waals surface area contributed by atoms with Crippen molar-refractivity contribution in [3.63, 3.8) is 0 Å². The zero-order valence-corrected chi connectivity index (χ0v) is 16.3. The number of hydrogen-bond donors (Lipinski definition) is 2. The smallest absolute Gasteiger partial charge is 0.219 e. The molecule has 1 saturated heterocycles. The molecule has 9 nitrogen and oxygen atoms in total. The van der Waals surface area contributed by atoms with Gasteiger partial charge in [0.1, 0.15) is 0 Å². The van der Waals surface area contributed by atoms with Crippen molar-refractivity contribution in [2.45, 2.75) is 0 Å². The number of nitrogens with zero attached hydrogens (tertiary/aromatic N) is 6. The Labute approximate surface area is 168 Å². The average molecular weight is 413 g/mol. The minimum Gasteiger partial charge on any atom is -0.378 e. The Kier molecular flexibility index (Phi) is 4.26. The predicted octanol–water partition coefficient (Wildman–Crippen LogP) is 2.27. The monoisotopic (exact) mass is 412 g/mol. The minimum atomic E-state index is 0.220. The summed E-state index contributed by atoms with van der Waals surface area (Å²) in [5.41, 5.74) is 13.9. The molecule has 1 aliphatic rings. The van der Waals surface area contributed by atoms with Gasteiger partial charge in [-0.15, -0.1) is 22.7 Å². The molecule has 0 saturated carbocycles. The fourth-order valence-electron chi connectivity index (χ4n) is 3.01. The van der Waals surface area contributed by atoms with Crippen LogP contribution in [0, 0.1) is 0 Å². The summed E-state index contributed by atoms with van der Waals surface area (Å²) in [7, 11) is 0. The summed E-state index contributed by atoms with van der Waals surface area (Å²) in [6.07, 6.45) is 3.28. The summed E-state index contributed by atoms with van der Waals surface area (Å²) in [6.45, 7) is 2.90. The van der Waals surface area contributed by atoms with Crippen LogP contribution in [-0.2, 0) is 4.74 Å². The van der Waals surface area contributed by atoms with Crippen LogP contribution >= 0.6 is 22.7 Å². The van der Waals surface area contributed by atoms with Gasteiger partial charge in [0.15, 0.2) is 16.8 Å². The van der Waals surface area contributed by atoms with Gasteiger partial charge < -0.3 is 21.1 Å². The number of anilines is 3. The molecule has 0 aliphatic carbocycles. The van der Waals surface area contributed by atoms with E-state index in [1.165, 1.54) is 11.3 Å². The van der Waals surface area contributed by atoms with Gasteiger partial charge in [0.2, 0.25) is 5.95 Å². The molecule has 4 N–H and O–H groups in total. The normalized spacial score (nSPS) is 14.6. The van der Waals surface area contributed by atoms with Gasteiger partial charge in [-0.05, 0) is 6.07 Å². The topological polar surface area (TPSA) is 129 Å². The SMILES string of the molecule is Nc1ncc(-c2nc(N3CCOCC3)c3sc(-c4csc(N)n4)cc3n2)cn1. The van der Waals surface area contributed by atoms with Crippen molar-refractivity contribution in [1.82, 2.24) is 24.9 Å². The van der Waals surface area contributed by atoms with Crippen LogP contribution < -0.4 is 16.4 Å². The number of fused-ring (bicyclic) bond motifs is 1. The van der Waals surface area contributed by atoms with Crippen LogP contribution in [0.15, 0.2) is 23.8 Å². The van der Waals surface area contributed by atoms with Crippen LogP contribution in [0.5, 0.6) is 0 Å². The van der Waals surface area contributed by atoms with Gasteiger partial charge in [-0.25, -0.2) is 24.9 Å². The first-order valence-electron chi connectivity index (χ1n) is 8.61. The summed E-state index contributed by atoms with van der Waals surface area (Å²) in [5.74, 6) is 1.67. The number of nitrogen functional groups attached to an aromatic ring is 2. The van der Waals surface area contributed by atoms with Crippen LogP contribution in [0.4, 0.5) is 16.9 Å². The molecule has 0 atom stereocenters. The Morgan fingerprint density at radius 3 is 2.54 bits per heavy atom. The molecule has 0 amide bonds. The summed E-state index contributed by atoms with van der Waals surface area (Å²) in [4.78, 5) is 25.4. The van der Waals surface area contributed by atoms with E-state index in [1.54, 1.807) is 23.7 Å². The van der Waals surface area contributed by atoms with Crippen molar-refractivity contribution in [3.8, 4) is 22.0 Å². The van der Waals surface area contributed by atoms with Crippen molar-refractivity contribution in [3.05, 3.63) is 23.8 Å². The first-order valence-corrected chi connectivity index (χ1v) is 10.3. The Balaban J connectivity index is 1.68. The average Bonchev–Trinajstić information content (AvgIpc) is 3.34. The van der Waals surface area contributed by atoms with E-state index in [-0.39, 0.29) is 5.95 Å². The van der Waals surface area contributed by atoms with E-state index in [0.717, 1.165) is 45.3 Å². The van der Waals surface area contributed by atoms with E-state index in [1.807, 2.05) is 11.4 Å². The molecule has 5 rings (SSSR count). The molecule has 0 radical (unpaired) electrons. The lowest BCUT2D eigenvalue weighted by molar-refractivity contribution is 0.122. The number of aromatic nitrogens is 5. The molecule has 0 aromatic carbocycles. The summed E-state index contributed by atoms with van der Waals surface area (Å²) >= 11 is 3.04. The third kappa shape index (κ3) is 3.13. The van der Waals surface area contributed by atoms with Gasteiger partial charge in [-0.2, -0.15) is 0 Å². The van der Waals surface area contributed by atoms with Crippen molar-refractivity contribution in [2.75, 3.05) is 42.7 Å². The maximum Gasteiger partial charge on any atom is 0.219 e. The van der Waals surface area contributed by atoms with E-state index in [4.69, 9.17) is 26.2 Å². The molecule has 5 heterocycles. The number of ether oxygens (including phenoxy) is 1. The molecule has 11 heteroatoms. The van der Waals surface area contributed by atoms with Crippen LogP contribution in [0.2, 0.25) is 0 Å². The lowest BCUT2D eigenvalue weighted by Gasteiger charge is -2.28. The number of nitrogens with two attached hydrogens (primary N) is 2. The third-order valence-electron chi connectivity index (χ3n) is 4.37. The van der Waals surface area contributed by atoms with E-state index in [9.17, 15) is 0 Å². The molecule has 0 spiro atoms. The highest BCUT2D eigenvalue weighted by molar-refractivity contribution is 7.23. The van der Waals surface area contributed by atoms with Gasteiger partial charge >= 0.3 is 0 Å². The highest BCUT2D eigenvalue weighted by Gasteiger charge is 2.21. The molecular weight excluding hydrogens is 396 g/mol. The van der Waals surface area contributed by atoms with Gasteiger partial charge in [0, 0.05) is 30.9 Å². The fraction of sp³-hybridized carbons (Fsp3) is 0.235. The number of thiophene rings is 1. The van der Waals surface area contributed by atoms with Crippen molar-refractivity contribution in [1.29, 1.82) is 0 Å². The van der Waals surface area contributed by atoms with Gasteiger partial charge in [0.25, 0.3) is 0 Å². The second-order valence-corrected chi connectivity index (χ2v) is 8.14. The number of morpholine rings is 1. The Morgan fingerprint density at radius 1 is 1.04 bits per heavy atom. The number of thiazole rings is 1. The van der Waals surface area contributed by atoms with Crippen molar-refractivity contribution < 1.29 is 4.74 Å². The zero-order valence-electron chi connectivity index (χ0n) is 14.7.